The van der Waals surface area contributed by atoms with Gasteiger partial charge in [-0.1, -0.05) is 30.4 Å². The van der Waals surface area contributed by atoms with Gasteiger partial charge in [-0.25, -0.2) is 17.8 Å². The molecule has 6 nitrogen and oxygen atoms in total. The van der Waals surface area contributed by atoms with Gasteiger partial charge in [0.15, 0.2) is 15.0 Å². The number of piperazine rings is 1. The van der Waals surface area contributed by atoms with Gasteiger partial charge in [-0.2, -0.15) is 0 Å². The summed E-state index contributed by atoms with van der Waals surface area (Å²) in [5.74, 6) is -0.623. The number of amides is 1. The summed E-state index contributed by atoms with van der Waals surface area (Å²) in [7, 11) is -3.50. The molecule has 0 N–H and O–H groups in total. The Morgan fingerprint density at radius 2 is 2.00 bits per heavy atom. The van der Waals surface area contributed by atoms with Crippen LogP contribution in [0.15, 0.2) is 47.4 Å². The van der Waals surface area contributed by atoms with Crippen molar-refractivity contribution in [2.24, 2.45) is 0 Å². The Kier molecular flexibility index (Phi) is 5.50. The van der Waals surface area contributed by atoms with Crippen molar-refractivity contribution in [3.63, 3.8) is 0 Å². The van der Waals surface area contributed by atoms with Crippen molar-refractivity contribution >= 4 is 42.4 Å². The molecule has 0 saturated carbocycles. The summed E-state index contributed by atoms with van der Waals surface area (Å²) in [6.07, 6.45) is 0. The number of hydrogen-bond acceptors (Lipinski definition) is 6. The minimum Gasteiger partial charge on any atom is -0.344 e. The molecule has 0 radical (unpaired) electrons. The first-order chi connectivity index (χ1) is 14.3. The average molecular weight is 448 g/mol. The highest BCUT2D eigenvalue weighted by Gasteiger charge is 2.32. The molecule has 30 heavy (non-hydrogen) atoms. The molecular weight excluding hydrogens is 425 g/mol. The van der Waals surface area contributed by atoms with Crippen LogP contribution in [0.1, 0.15) is 24.2 Å². The number of carbonyl (C=O) groups excluding carboxylic acids is 1. The molecule has 2 aromatic carbocycles. The molecule has 158 valence electrons. The normalized spacial score (nSPS) is 17.5. The van der Waals surface area contributed by atoms with Crippen LogP contribution in [0.4, 0.5) is 9.52 Å². The molecule has 1 amide bonds. The van der Waals surface area contributed by atoms with Gasteiger partial charge in [0.1, 0.15) is 5.82 Å². The van der Waals surface area contributed by atoms with Gasteiger partial charge >= 0.3 is 0 Å². The third kappa shape index (κ3) is 3.79. The smallest absolute Gasteiger partial charge is 0.255 e. The second kappa shape index (κ2) is 7.96. The zero-order valence-corrected chi connectivity index (χ0v) is 18.3. The third-order valence-corrected chi connectivity index (χ3v) is 8.20. The number of hydrogen-bond donors (Lipinski definition) is 0. The van der Waals surface area contributed by atoms with Crippen LogP contribution in [0.5, 0.6) is 0 Å². The van der Waals surface area contributed by atoms with Crippen molar-refractivity contribution in [3.8, 4) is 0 Å². The van der Waals surface area contributed by atoms with Gasteiger partial charge in [0.05, 0.1) is 26.4 Å². The highest BCUT2D eigenvalue weighted by Crippen LogP contribution is 2.31. The van der Waals surface area contributed by atoms with Crippen molar-refractivity contribution in [1.29, 1.82) is 0 Å². The molecule has 1 saturated heterocycles. The number of rotatable bonds is 4. The number of benzene rings is 2. The van der Waals surface area contributed by atoms with Crippen LogP contribution in [0, 0.1) is 5.82 Å². The first kappa shape index (κ1) is 20.7. The van der Waals surface area contributed by atoms with Crippen LogP contribution in [0.2, 0.25) is 0 Å². The lowest BCUT2D eigenvalue weighted by Crippen LogP contribution is -2.54. The van der Waals surface area contributed by atoms with Gasteiger partial charge in [0.25, 0.3) is 5.91 Å². The van der Waals surface area contributed by atoms with E-state index in [1.807, 2.05) is 6.92 Å². The maximum absolute atomic E-state index is 13.5. The summed E-state index contributed by atoms with van der Waals surface area (Å²) in [6, 6.07) is 10.8. The molecule has 9 heteroatoms. The van der Waals surface area contributed by atoms with Crippen molar-refractivity contribution in [3.05, 3.63) is 53.8 Å². The monoisotopic (exact) mass is 447 g/mol. The Bertz CT molecular complexity index is 1210. The van der Waals surface area contributed by atoms with Gasteiger partial charge in [-0.05, 0) is 37.3 Å². The summed E-state index contributed by atoms with van der Waals surface area (Å²) in [6.45, 7) is 5.10. The molecule has 1 aliphatic rings. The first-order valence-corrected chi connectivity index (χ1v) is 12.2. The maximum atomic E-state index is 13.5. The highest BCUT2D eigenvalue weighted by atomic mass is 32.2. The van der Waals surface area contributed by atoms with E-state index in [-0.39, 0.29) is 34.0 Å². The van der Waals surface area contributed by atoms with Crippen molar-refractivity contribution in [2.45, 2.75) is 24.8 Å². The largest absolute Gasteiger partial charge is 0.344 e. The molecule has 1 aliphatic heterocycles. The Morgan fingerprint density at radius 1 is 1.23 bits per heavy atom. The topological polar surface area (TPSA) is 70.6 Å². The zero-order chi connectivity index (χ0) is 21.5. The Balaban J connectivity index is 1.56. The second-order valence-corrected chi connectivity index (χ2v) is 10.6. The lowest BCUT2D eigenvalue weighted by atomic mass is 10.1. The molecule has 1 atom stereocenters. The number of halogens is 1. The summed E-state index contributed by atoms with van der Waals surface area (Å²) in [5, 5.41) is 0.795. The second-order valence-electron chi connectivity index (χ2n) is 7.30. The van der Waals surface area contributed by atoms with Crippen molar-refractivity contribution in [1.82, 2.24) is 9.88 Å². The number of sulfone groups is 1. The van der Waals surface area contributed by atoms with Gasteiger partial charge in [-0.15, -0.1) is 0 Å². The quantitative estimate of drug-likeness (QED) is 0.611. The van der Waals surface area contributed by atoms with E-state index < -0.39 is 9.84 Å². The number of nitrogens with zero attached hydrogens (tertiary/aromatic N) is 3. The lowest BCUT2D eigenvalue weighted by Gasteiger charge is -2.40. The Morgan fingerprint density at radius 3 is 2.73 bits per heavy atom. The molecule has 0 bridgehead atoms. The molecule has 1 fully saturated rings. The van der Waals surface area contributed by atoms with E-state index in [4.69, 9.17) is 0 Å². The van der Waals surface area contributed by atoms with E-state index in [1.54, 1.807) is 36.1 Å². The van der Waals surface area contributed by atoms with Crippen LogP contribution in [-0.4, -0.2) is 55.6 Å². The predicted octanol–water partition coefficient (Wildman–Crippen LogP) is 3.58. The number of carbonyl (C=O) groups is 1. The number of anilines is 1. The fraction of sp³-hybridized carbons (Fsp3) is 0.333. The van der Waals surface area contributed by atoms with Crippen LogP contribution >= 0.6 is 11.3 Å². The lowest BCUT2D eigenvalue weighted by molar-refractivity contribution is 0.0670. The summed E-state index contributed by atoms with van der Waals surface area (Å²) >= 11 is 1.43. The van der Waals surface area contributed by atoms with Crippen LogP contribution in [-0.2, 0) is 9.84 Å². The molecule has 2 heterocycles. The Hall–Kier alpha value is -2.52. The van der Waals surface area contributed by atoms with Gasteiger partial charge in [0.2, 0.25) is 0 Å². The van der Waals surface area contributed by atoms with E-state index in [0.29, 0.717) is 19.6 Å². The first-order valence-electron chi connectivity index (χ1n) is 9.74. The van der Waals surface area contributed by atoms with E-state index in [2.05, 4.69) is 9.88 Å². The zero-order valence-electron chi connectivity index (χ0n) is 16.7. The fourth-order valence-electron chi connectivity index (χ4n) is 3.68. The predicted molar refractivity (Wildman–Crippen MR) is 116 cm³/mol. The van der Waals surface area contributed by atoms with Crippen molar-refractivity contribution < 1.29 is 17.6 Å². The summed E-state index contributed by atoms with van der Waals surface area (Å²) < 4.78 is 39.1. The Labute approximate surface area is 178 Å². The van der Waals surface area contributed by atoms with Crippen LogP contribution in [0.25, 0.3) is 10.2 Å². The van der Waals surface area contributed by atoms with E-state index >= 15 is 0 Å². The molecule has 0 aliphatic carbocycles. The van der Waals surface area contributed by atoms with E-state index in [0.717, 1.165) is 15.3 Å². The standard InChI is InChI=1S/C21H22FN3O3S2/c1-3-30(27,28)19-7-5-4-6-16(19)20(26)25-11-10-24(13-14(25)2)21-23-17-9-8-15(22)12-18(17)29-21/h4-9,12,14H,3,10-11,13H2,1-2H3. The average Bonchev–Trinajstić information content (AvgIpc) is 3.16. The fourth-order valence-corrected chi connectivity index (χ4v) is 5.79. The molecule has 0 spiro atoms. The van der Waals surface area contributed by atoms with Crippen molar-refractivity contribution in [2.75, 3.05) is 30.3 Å². The molecule has 4 rings (SSSR count). The molecule has 1 unspecified atom stereocenters. The number of thiazole rings is 1. The highest BCUT2D eigenvalue weighted by molar-refractivity contribution is 7.91. The van der Waals surface area contributed by atoms with E-state index in [1.165, 1.54) is 29.5 Å². The van der Waals surface area contributed by atoms with Crippen LogP contribution in [0.3, 0.4) is 0 Å². The number of aromatic nitrogens is 1. The van der Waals surface area contributed by atoms with Gasteiger partial charge in [-0.3, -0.25) is 4.79 Å². The molecular formula is C21H22FN3O3S2. The molecule has 3 aromatic rings. The summed E-state index contributed by atoms with van der Waals surface area (Å²) in [4.78, 5) is 21.7. The van der Waals surface area contributed by atoms with Crippen LogP contribution < -0.4 is 4.90 Å². The summed E-state index contributed by atoms with van der Waals surface area (Å²) in [5.41, 5.74) is 0.969. The SMILES string of the molecule is CCS(=O)(=O)c1ccccc1C(=O)N1CCN(c2nc3ccc(F)cc3s2)CC1C. The minimum atomic E-state index is -3.50. The minimum absolute atomic E-state index is 0.0567. The van der Waals surface area contributed by atoms with Gasteiger partial charge < -0.3 is 9.80 Å². The molecule has 1 aromatic heterocycles. The van der Waals surface area contributed by atoms with Gasteiger partial charge in [0, 0.05) is 25.7 Å². The van der Waals surface area contributed by atoms with E-state index in [9.17, 15) is 17.6 Å². The number of fused-ring (bicyclic) bond motifs is 1. The third-order valence-electron chi connectivity index (χ3n) is 5.33. The maximum Gasteiger partial charge on any atom is 0.255 e.